The summed E-state index contributed by atoms with van der Waals surface area (Å²) < 4.78 is 39.9. The van der Waals surface area contributed by atoms with E-state index < -0.39 is 11.9 Å². The van der Waals surface area contributed by atoms with E-state index in [4.69, 9.17) is 11.6 Å². The Morgan fingerprint density at radius 3 is 2.59 bits per heavy atom. The fourth-order valence-corrected chi connectivity index (χ4v) is 1.86. The monoisotopic (exact) mass is 333 g/mol. The van der Waals surface area contributed by atoms with Gasteiger partial charge in [-0.1, -0.05) is 23.7 Å². The van der Waals surface area contributed by atoms with Crippen molar-refractivity contribution in [3.05, 3.63) is 51.4 Å². The molecule has 0 radical (unpaired) electrons. The molecule has 5 nitrogen and oxygen atoms in total. The van der Waals surface area contributed by atoms with E-state index in [0.29, 0.717) is 18.7 Å². The number of halogens is 4. The molecular formula is C13H11ClF3N3O2. The van der Waals surface area contributed by atoms with Gasteiger partial charge in [0.2, 0.25) is 0 Å². The van der Waals surface area contributed by atoms with Crippen LogP contribution in [0.2, 0.25) is 5.02 Å². The largest absolute Gasteiger partial charge is 0.573 e. The molecule has 0 unspecified atom stereocenters. The number of alkyl halides is 3. The molecule has 0 amide bonds. The molecule has 1 aromatic heterocycles. The number of ether oxygens (including phenoxy) is 1. The zero-order valence-electron chi connectivity index (χ0n) is 11.1. The number of H-pyrrole nitrogens is 1. The summed E-state index contributed by atoms with van der Waals surface area (Å²) in [5.74, 6) is -0.272. The standard InChI is InChI=1S/C13H11ClF3N3O2/c14-11-10(7-19-20-12(11)21)18-6-5-8-1-3-9(4-2-8)22-13(15,16)17/h1-4,7H,5-6H2,(H2,18,20,21). The topological polar surface area (TPSA) is 67.0 Å². The summed E-state index contributed by atoms with van der Waals surface area (Å²) in [6.45, 7) is 0.435. The van der Waals surface area contributed by atoms with Crippen LogP contribution < -0.4 is 15.6 Å². The van der Waals surface area contributed by atoms with Crippen LogP contribution in [0.1, 0.15) is 5.56 Å². The number of anilines is 1. The van der Waals surface area contributed by atoms with Crippen LogP contribution in [-0.2, 0) is 6.42 Å². The first-order valence-electron chi connectivity index (χ1n) is 6.17. The molecule has 22 heavy (non-hydrogen) atoms. The van der Waals surface area contributed by atoms with Gasteiger partial charge in [0.15, 0.2) is 0 Å². The maximum absolute atomic E-state index is 12.0. The van der Waals surface area contributed by atoms with Gasteiger partial charge in [-0.15, -0.1) is 13.2 Å². The molecular weight excluding hydrogens is 323 g/mol. The van der Waals surface area contributed by atoms with Gasteiger partial charge in [-0.05, 0) is 24.1 Å². The SMILES string of the molecule is O=c1[nH]ncc(NCCc2ccc(OC(F)(F)F)cc2)c1Cl. The van der Waals surface area contributed by atoms with Crippen molar-refractivity contribution in [1.82, 2.24) is 10.2 Å². The van der Waals surface area contributed by atoms with E-state index in [1.54, 1.807) is 0 Å². The van der Waals surface area contributed by atoms with E-state index in [0.717, 1.165) is 5.56 Å². The second-order valence-corrected chi connectivity index (χ2v) is 4.67. The number of rotatable bonds is 5. The van der Waals surface area contributed by atoms with E-state index in [2.05, 4.69) is 20.3 Å². The molecule has 0 aliphatic heterocycles. The number of nitrogens with one attached hydrogen (secondary N) is 2. The molecule has 9 heteroatoms. The van der Waals surface area contributed by atoms with Crippen LogP contribution in [0.3, 0.4) is 0 Å². The number of nitrogens with zero attached hydrogens (tertiary/aromatic N) is 1. The Kier molecular flexibility index (Phi) is 4.92. The highest BCUT2D eigenvalue weighted by atomic mass is 35.5. The van der Waals surface area contributed by atoms with Crippen molar-refractivity contribution in [2.45, 2.75) is 12.8 Å². The Labute approximate surface area is 128 Å². The van der Waals surface area contributed by atoms with Crippen molar-refractivity contribution >= 4 is 17.3 Å². The summed E-state index contributed by atoms with van der Waals surface area (Å²) >= 11 is 5.79. The van der Waals surface area contributed by atoms with Crippen molar-refractivity contribution in [2.75, 3.05) is 11.9 Å². The lowest BCUT2D eigenvalue weighted by molar-refractivity contribution is -0.274. The molecule has 0 fully saturated rings. The molecule has 2 aromatic rings. The second kappa shape index (κ2) is 6.69. The highest BCUT2D eigenvalue weighted by molar-refractivity contribution is 6.32. The van der Waals surface area contributed by atoms with Crippen LogP contribution in [0, 0.1) is 0 Å². The summed E-state index contributed by atoms with van der Waals surface area (Å²) in [4.78, 5) is 11.2. The Bertz CT molecular complexity index is 686. The van der Waals surface area contributed by atoms with Crippen LogP contribution >= 0.6 is 11.6 Å². The van der Waals surface area contributed by atoms with E-state index in [9.17, 15) is 18.0 Å². The molecule has 0 spiro atoms. The maximum Gasteiger partial charge on any atom is 0.573 e. The van der Waals surface area contributed by atoms with Gasteiger partial charge >= 0.3 is 6.36 Å². The highest BCUT2D eigenvalue weighted by Gasteiger charge is 2.30. The van der Waals surface area contributed by atoms with Crippen LogP contribution in [-0.4, -0.2) is 23.1 Å². The Hall–Kier alpha value is -2.22. The average Bonchev–Trinajstić information content (AvgIpc) is 2.44. The third kappa shape index (κ3) is 4.66. The Balaban J connectivity index is 1.89. The number of hydrogen-bond donors (Lipinski definition) is 2. The van der Waals surface area contributed by atoms with Crippen molar-refractivity contribution in [1.29, 1.82) is 0 Å². The fraction of sp³-hybridized carbons (Fsp3) is 0.231. The lowest BCUT2D eigenvalue weighted by Crippen LogP contribution is -2.17. The van der Waals surface area contributed by atoms with Gasteiger partial charge in [-0.3, -0.25) is 4.79 Å². The normalized spacial score (nSPS) is 11.3. The number of aromatic amines is 1. The summed E-state index contributed by atoms with van der Waals surface area (Å²) in [5, 5.41) is 8.73. The van der Waals surface area contributed by atoms with Gasteiger partial charge in [-0.25, -0.2) is 5.10 Å². The molecule has 2 rings (SSSR count). The lowest BCUT2D eigenvalue weighted by atomic mass is 10.1. The number of benzene rings is 1. The molecule has 118 valence electrons. The molecule has 0 saturated carbocycles. The van der Waals surface area contributed by atoms with Crippen LogP contribution in [0.25, 0.3) is 0 Å². The number of hydrogen-bond acceptors (Lipinski definition) is 4. The molecule has 2 N–H and O–H groups in total. The summed E-state index contributed by atoms with van der Waals surface area (Å²) in [7, 11) is 0. The molecule has 1 heterocycles. The minimum absolute atomic E-state index is 0.00363. The van der Waals surface area contributed by atoms with E-state index in [-0.39, 0.29) is 10.8 Å². The zero-order chi connectivity index (χ0) is 16.2. The predicted molar refractivity (Wildman–Crippen MR) is 75.2 cm³/mol. The summed E-state index contributed by atoms with van der Waals surface area (Å²) in [6, 6.07) is 5.54. The predicted octanol–water partition coefficient (Wildman–Crippen LogP) is 2.98. The zero-order valence-corrected chi connectivity index (χ0v) is 11.8. The van der Waals surface area contributed by atoms with E-state index in [1.807, 2.05) is 0 Å². The quantitative estimate of drug-likeness (QED) is 0.882. The first-order valence-corrected chi connectivity index (χ1v) is 6.55. The molecule has 1 aromatic carbocycles. The van der Waals surface area contributed by atoms with Gasteiger partial charge in [0.1, 0.15) is 10.8 Å². The maximum atomic E-state index is 12.0. The molecule has 0 saturated heterocycles. The highest BCUT2D eigenvalue weighted by Crippen LogP contribution is 2.23. The molecule has 0 aliphatic carbocycles. The molecule has 0 bridgehead atoms. The van der Waals surface area contributed by atoms with E-state index >= 15 is 0 Å². The first kappa shape index (κ1) is 16.2. The minimum atomic E-state index is -4.70. The van der Waals surface area contributed by atoms with Gasteiger partial charge in [-0.2, -0.15) is 5.10 Å². The molecule has 0 atom stereocenters. The van der Waals surface area contributed by atoms with Gasteiger partial charge in [0.05, 0.1) is 11.9 Å². The number of aromatic nitrogens is 2. The fourth-order valence-electron chi connectivity index (χ4n) is 1.71. The van der Waals surface area contributed by atoms with Crippen molar-refractivity contribution in [3.63, 3.8) is 0 Å². The van der Waals surface area contributed by atoms with Crippen molar-refractivity contribution < 1.29 is 17.9 Å². The minimum Gasteiger partial charge on any atom is -0.406 e. The second-order valence-electron chi connectivity index (χ2n) is 4.30. The lowest BCUT2D eigenvalue weighted by Gasteiger charge is -2.10. The third-order valence-corrected chi connectivity index (χ3v) is 3.06. The van der Waals surface area contributed by atoms with Crippen LogP contribution in [0.15, 0.2) is 35.3 Å². The van der Waals surface area contributed by atoms with Crippen LogP contribution in [0.5, 0.6) is 5.75 Å². The third-order valence-electron chi connectivity index (χ3n) is 2.68. The van der Waals surface area contributed by atoms with Crippen molar-refractivity contribution in [2.24, 2.45) is 0 Å². The Morgan fingerprint density at radius 1 is 1.27 bits per heavy atom. The molecule has 0 aliphatic rings. The van der Waals surface area contributed by atoms with Gasteiger partial charge in [0.25, 0.3) is 5.56 Å². The average molecular weight is 334 g/mol. The van der Waals surface area contributed by atoms with Gasteiger partial charge < -0.3 is 10.1 Å². The first-order chi connectivity index (χ1) is 10.3. The Morgan fingerprint density at radius 2 is 1.95 bits per heavy atom. The summed E-state index contributed by atoms with van der Waals surface area (Å²) in [6.07, 6.45) is -2.80. The smallest absolute Gasteiger partial charge is 0.406 e. The summed E-state index contributed by atoms with van der Waals surface area (Å²) in [5.41, 5.74) is 0.693. The van der Waals surface area contributed by atoms with E-state index in [1.165, 1.54) is 30.5 Å². The van der Waals surface area contributed by atoms with Crippen LogP contribution in [0.4, 0.5) is 18.9 Å². The van der Waals surface area contributed by atoms with Crippen molar-refractivity contribution in [3.8, 4) is 5.75 Å². The van der Waals surface area contributed by atoms with Gasteiger partial charge in [0, 0.05) is 6.54 Å².